The van der Waals surface area contributed by atoms with Crippen LogP contribution in [-0.4, -0.2) is 37.2 Å². The highest BCUT2D eigenvalue weighted by Gasteiger charge is 2.19. The molecule has 0 heterocycles. The van der Waals surface area contributed by atoms with E-state index in [1.807, 2.05) is 0 Å². The normalized spacial score (nSPS) is 12.5. The Hall–Kier alpha value is -2.89. The van der Waals surface area contributed by atoms with Gasteiger partial charge in [0.25, 0.3) is 0 Å². The van der Waals surface area contributed by atoms with Crippen molar-refractivity contribution in [3.8, 4) is 0 Å². The predicted molar refractivity (Wildman–Crippen MR) is 293 cm³/mol. The second-order valence-electron chi connectivity index (χ2n) is 19.5. The predicted octanol–water partition coefficient (Wildman–Crippen LogP) is 19.6. The van der Waals surface area contributed by atoms with Crippen molar-refractivity contribution in [3.05, 3.63) is 60.8 Å². The fraction of sp³-hybridized carbons (Fsp3) is 0.790. The number of allylic oxidation sites excluding steroid dienone is 10. The molecule has 0 spiro atoms. The number of hydrogen-bond acceptors (Lipinski definition) is 6. The van der Waals surface area contributed by atoms with Crippen molar-refractivity contribution < 1.29 is 28.6 Å². The molecule has 0 aromatic heterocycles. The lowest BCUT2D eigenvalue weighted by Gasteiger charge is -2.18. The molecule has 0 aromatic rings. The van der Waals surface area contributed by atoms with Crippen molar-refractivity contribution in [3.63, 3.8) is 0 Å². The molecule has 0 radical (unpaired) electrons. The van der Waals surface area contributed by atoms with Gasteiger partial charge in [-0.05, 0) is 83.5 Å². The summed E-state index contributed by atoms with van der Waals surface area (Å²) >= 11 is 0. The van der Waals surface area contributed by atoms with Crippen LogP contribution in [0.25, 0.3) is 0 Å². The van der Waals surface area contributed by atoms with Crippen molar-refractivity contribution in [1.29, 1.82) is 0 Å². The van der Waals surface area contributed by atoms with Crippen LogP contribution in [0.4, 0.5) is 0 Å². The van der Waals surface area contributed by atoms with E-state index < -0.39 is 6.10 Å². The number of carbonyl (C=O) groups is 3. The van der Waals surface area contributed by atoms with Crippen LogP contribution in [0.5, 0.6) is 0 Å². The molecule has 0 N–H and O–H groups in total. The number of unbranched alkanes of at least 4 members (excludes halogenated alkanes) is 32. The van der Waals surface area contributed by atoms with Crippen molar-refractivity contribution in [1.82, 2.24) is 0 Å². The monoisotopic (exact) mass is 951 g/mol. The van der Waals surface area contributed by atoms with Gasteiger partial charge in [0.05, 0.1) is 0 Å². The number of rotatable bonds is 53. The van der Waals surface area contributed by atoms with E-state index in [-0.39, 0.29) is 31.1 Å². The topological polar surface area (TPSA) is 78.9 Å². The second kappa shape index (κ2) is 56.7. The van der Waals surface area contributed by atoms with Gasteiger partial charge in [-0.2, -0.15) is 0 Å². The van der Waals surface area contributed by atoms with Gasteiger partial charge in [0.15, 0.2) is 6.10 Å². The van der Waals surface area contributed by atoms with E-state index in [9.17, 15) is 14.4 Å². The Balaban J connectivity index is 4.35. The van der Waals surface area contributed by atoms with Crippen molar-refractivity contribution >= 4 is 17.9 Å². The van der Waals surface area contributed by atoms with Crippen LogP contribution in [0, 0.1) is 0 Å². The van der Waals surface area contributed by atoms with Crippen LogP contribution in [0.2, 0.25) is 0 Å². The van der Waals surface area contributed by atoms with Gasteiger partial charge in [-0.3, -0.25) is 14.4 Å². The van der Waals surface area contributed by atoms with E-state index in [4.69, 9.17) is 14.2 Å². The molecule has 0 saturated carbocycles. The highest BCUT2D eigenvalue weighted by Crippen LogP contribution is 2.16. The molecule has 68 heavy (non-hydrogen) atoms. The molecule has 0 amide bonds. The van der Waals surface area contributed by atoms with Crippen molar-refractivity contribution in [2.75, 3.05) is 13.2 Å². The Kier molecular flexibility index (Phi) is 54.3. The summed E-state index contributed by atoms with van der Waals surface area (Å²) in [5, 5.41) is 0. The fourth-order valence-corrected chi connectivity index (χ4v) is 8.37. The van der Waals surface area contributed by atoms with Gasteiger partial charge in [-0.15, -0.1) is 0 Å². The maximum atomic E-state index is 12.8. The van der Waals surface area contributed by atoms with Crippen LogP contribution >= 0.6 is 0 Å². The minimum absolute atomic E-state index is 0.0771. The van der Waals surface area contributed by atoms with E-state index in [0.717, 1.165) is 103 Å². The third kappa shape index (κ3) is 54.1. The molecule has 0 rings (SSSR count). The lowest BCUT2D eigenvalue weighted by molar-refractivity contribution is -0.167. The summed E-state index contributed by atoms with van der Waals surface area (Å²) in [5.74, 6) is -0.881. The Labute approximate surface area is 421 Å². The molecule has 0 fully saturated rings. The number of ether oxygens (including phenoxy) is 3. The molecule has 0 saturated heterocycles. The molecule has 0 aliphatic rings. The van der Waals surface area contributed by atoms with Gasteiger partial charge in [0.2, 0.25) is 0 Å². The highest BCUT2D eigenvalue weighted by atomic mass is 16.6. The first-order valence-electron chi connectivity index (χ1n) is 29.3. The minimum Gasteiger partial charge on any atom is -0.462 e. The largest absolute Gasteiger partial charge is 0.462 e. The quantitative estimate of drug-likeness (QED) is 0.0262. The first-order chi connectivity index (χ1) is 33.5. The lowest BCUT2D eigenvalue weighted by Crippen LogP contribution is -2.30. The lowest BCUT2D eigenvalue weighted by atomic mass is 10.0. The number of esters is 3. The van der Waals surface area contributed by atoms with Gasteiger partial charge in [-0.25, -0.2) is 0 Å². The maximum Gasteiger partial charge on any atom is 0.306 e. The van der Waals surface area contributed by atoms with Gasteiger partial charge < -0.3 is 14.2 Å². The van der Waals surface area contributed by atoms with Gasteiger partial charge >= 0.3 is 17.9 Å². The van der Waals surface area contributed by atoms with E-state index in [1.54, 1.807) is 0 Å². The van der Waals surface area contributed by atoms with Gasteiger partial charge in [0, 0.05) is 19.3 Å². The van der Waals surface area contributed by atoms with E-state index >= 15 is 0 Å². The van der Waals surface area contributed by atoms with E-state index in [1.165, 1.54) is 154 Å². The number of hydrogen-bond donors (Lipinski definition) is 0. The van der Waals surface area contributed by atoms with Crippen LogP contribution in [0.3, 0.4) is 0 Å². The molecule has 0 bridgehead atoms. The average Bonchev–Trinajstić information content (AvgIpc) is 3.34. The summed E-state index contributed by atoms with van der Waals surface area (Å²) in [7, 11) is 0. The first kappa shape index (κ1) is 65.1. The van der Waals surface area contributed by atoms with Gasteiger partial charge in [0.1, 0.15) is 13.2 Å². The van der Waals surface area contributed by atoms with Crippen LogP contribution in [-0.2, 0) is 28.6 Å². The highest BCUT2D eigenvalue weighted by molar-refractivity contribution is 5.71. The van der Waals surface area contributed by atoms with Crippen LogP contribution < -0.4 is 0 Å². The maximum absolute atomic E-state index is 12.8. The second-order valence-corrected chi connectivity index (χ2v) is 19.5. The molecule has 394 valence electrons. The summed E-state index contributed by atoms with van der Waals surface area (Å²) in [4.78, 5) is 38.2. The molecular weight excluding hydrogens is 841 g/mol. The van der Waals surface area contributed by atoms with Crippen molar-refractivity contribution in [2.45, 2.75) is 303 Å². The first-order valence-corrected chi connectivity index (χ1v) is 29.3. The SMILES string of the molecule is CC/C=C\C/C=C\C/C=C\C/C=C\CCCCCCCCCCC(=O)OCC(COC(=O)CCCCCCCCCCCCCCCC)OC(=O)CCCCCCC/C=C\CCCCCCCC. The summed E-state index contributed by atoms with van der Waals surface area (Å²) in [6.07, 6.45) is 70.6. The molecule has 0 aliphatic heterocycles. The standard InChI is InChI=1S/C62H110O6/c1-4-7-10-13-16-19-22-25-28-29-30-31-32-33-35-37-40-43-46-49-52-55-61(64)67-58-59(57-66-60(63)54-51-48-45-42-39-36-27-24-21-18-15-12-9-6-3)68-62(65)56-53-50-47-44-41-38-34-26-23-20-17-14-11-8-5-2/h7,10,16,19,25-26,28,30-31,34,59H,4-6,8-9,11-15,17-18,20-24,27,29,32-33,35-58H2,1-3H3/b10-7-,19-16-,28-25-,31-30-,34-26-. The van der Waals surface area contributed by atoms with E-state index in [2.05, 4.69) is 81.5 Å². The zero-order chi connectivity index (χ0) is 49.3. The van der Waals surface area contributed by atoms with Crippen LogP contribution in [0.15, 0.2) is 60.8 Å². The number of carbonyl (C=O) groups excluding carboxylic acids is 3. The van der Waals surface area contributed by atoms with Gasteiger partial charge in [-0.1, -0.05) is 255 Å². The summed E-state index contributed by atoms with van der Waals surface area (Å²) in [6.45, 7) is 6.54. The fourth-order valence-electron chi connectivity index (χ4n) is 8.37. The Morgan fingerprint density at radius 2 is 0.574 bits per heavy atom. The molecular formula is C62H110O6. The molecule has 0 aromatic carbocycles. The Morgan fingerprint density at radius 1 is 0.309 bits per heavy atom. The Bertz CT molecular complexity index is 1230. The average molecular weight is 952 g/mol. The molecule has 1 atom stereocenters. The van der Waals surface area contributed by atoms with Crippen LogP contribution in [0.1, 0.15) is 297 Å². The minimum atomic E-state index is -0.780. The molecule has 0 aliphatic carbocycles. The summed E-state index contributed by atoms with van der Waals surface area (Å²) in [6, 6.07) is 0. The molecule has 6 nitrogen and oxygen atoms in total. The third-order valence-electron chi connectivity index (χ3n) is 12.8. The van der Waals surface area contributed by atoms with Crippen molar-refractivity contribution in [2.24, 2.45) is 0 Å². The third-order valence-corrected chi connectivity index (χ3v) is 12.8. The smallest absolute Gasteiger partial charge is 0.306 e. The molecule has 6 heteroatoms. The van der Waals surface area contributed by atoms with E-state index in [0.29, 0.717) is 19.3 Å². The summed E-state index contributed by atoms with van der Waals surface area (Å²) < 4.78 is 16.9. The Morgan fingerprint density at radius 3 is 0.912 bits per heavy atom. The zero-order valence-electron chi connectivity index (χ0n) is 45.1. The molecule has 1 unspecified atom stereocenters. The summed E-state index contributed by atoms with van der Waals surface area (Å²) in [5.41, 5.74) is 0. The zero-order valence-corrected chi connectivity index (χ0v) is 45.1.